The highest BCUT2D eigenvalue weighted by atomic mass is 16.6. The summed E-state index contributed by atoms with van der Waals surface area (Å²) in [5.74, 6) is -1.10. The van der Waals surface area contributed by atoms with E-state index in [1.807, 2.05) is 0 Å². The maximum absolute atomic E-state index is 11.0. The van der Waals surface area contributed by atoms with Gasteiger partial charge in [0.1, 0.15) is 0 Å². The molecule has 0 heterocycles. The van der Waals surface area contributed by atoms with Gasteiger partial charge in [0.25, 0.3) is 5.95 Å². The Hall–Kier alpha value is -1.19. The van der Waals surface area contributed by atoms with Crippen LogP contribution in [0.1, 0.15) is 13.8 Å². The second-order valence-electron chi connectivity index (χ2n) is 2.44. The number of carbonyl (C=O) groups excluding carboxylic acids is 1. The van der Waals surface area contributed by atoms with Crippen LogP contribution in [0.25, 0.3) is 0 Å². The number of carbonyl (C=O) groups is 1. The molecule has 4 heteroatoms. The van der Waals surface area contributed by atoms with Gasteiger partial charge in [0.05, 0.1) is 20.1 Å². The van der Waals surface area contributed by atoms with Crippen LogP contribution in [0.2, 0.25) is 0 Å². The van der Waals surface area contributed by atoms with Gasteiger partial charge in [0.15, 0.2) is 0 Å². The van der Waals surface area contributed by atoms with E-state index in [4.69, 9.17) is 5.11 Å². The summed E-state index contributed by atoms with van der Waals surface area (Å²) >= 11 is 0. The van der Waals surface area contributed by atoms with Crippen molar-refractivity contribution in [3.63, 3.8) is 0 Å². The van der Waals surface area contributed by atoms with Gasteiger partial charge >= 0.3 is 5.97 Å². The first kappa shape index (κ1) is 10.8. The predicted molar refractivity (Wildman–Crippen MR) is 43.5 cm³/mol. The van der Waals surface area contributed by atoms with Gasteiger partial charge < -0.3 is 14.6 Å². The number of esters is 1. The molecule has 1 N–H and O–H groups in total. The summed E-state index contributed by atoms with van der Waals surface area (Å²) in [5.41, 5.74) is 0.462. The van der Waals surface area contributed by atoms with Gasteiger partial charge in [-0.15, -0.1) is 0 Å². The van der Waals surface area contributed by atoms with Crippen molar-refractivity contribution in [2.75, 3.05) is 14.2 Å². The monoisotopic (exact) mass is 174 g/mol. The number of aliphatic hydroxyl groups excluding tert-OH is 1. The molecule has 0 aromatic heterocycles. The van der Waals surface area contributed by atoms with E-state index in [1.165, 1.54) is 14.2 Å². The van der Waals surface area contributed by atoms with E-state index in [-0.39, 0.29) is 5.95 Å². The van der Waals surface area contributed by atoms with Crippen LogP contribution in [0.5, 0.6) is 0 Å². The second kappa shape index (κ2) is 4.64. The summed E-state index contributed by atoms with van der Waals surface area (Å²) in [5, 5.41) is 9.09. The third-order valence-corrected chi connectivity index (χ3v) is 1.73. The molecule has 0 aliphatic rings. The van der Waals surface area contributed by atoms with Gasteiger partial charge in [0.2, 0.25) is 0 Å². The summed E-state index contributed by atoms with van der Waals surface area (Å²) in [6.07, 6.45) is 0. The molecule has 0 saturated heterocycles. The van der Waals surface area contributed by atoms with Crippen molar-refractivity contribution in [1.29, 1.82) is 0 Å². The predicted octanol–water partition coefficient (Wildman–Crippen LogP) is 1.23. The van der Waals surface area contributed by atoms with Crippen molar-refractivity contribution in [3.05, 3.63) is 11.5 Å². The van der Waals surface area contributed by atoms with Crippen LogP contribution < -0.4 is 0 Å². The molecule has 0 aliphatic heterocycles. The van der Waals surface area contributed by atoms with Crippen LogP contribution >= 0.6 is 0 Å². The third kappa shape index (κ3) is 2.45. The molecule has 70 valence electrons. The zero-order valence-corrected chi connectivity index (χ0v) is 7.75. The number of methoxy groups -OCH3 is 2. The first-order valence-electron chi connectivity index (χ1n) is 3.56. The molecule has 1 atom stereocenters. The van der Waals surface area contributed by atoms with Crippen molar-refractivity contribution in [3.8, 4) is 0 Å². The average molecular weight is 174 g/mol. The number of aliphatic hydroxyl groups is 1. The summed E-state index contributed by atoms with van der Waals surface area (Å²) in [6, 6.07) is 0. The van der Waals surface area contributed by atoms with Gasteiger partial charge in [-0.05, 0) is 13.8 Å². The fourth-order valence-corrected chi connectivity index (χ4v) is 0.700. The van der Waals surface area contributed by atoms with Crippen LogP contribution in [0, 0.1) is 5.92 Å². The van der Waals surface area contributed by atoms with Crippen molar-refractivity contribution in [2.24, 2.45) is 5.92 Å². The van der Waals surface area contributed by atoms with E-state index in [2.05, 4.69) is 9.47 Å². The van der Waals surface area contributed by atoms with Gasteiger partial charge in [-0.1, -0.05) is 0 Å². The molecule has 0 aliphatic carbocycles. The molecule has 0 fully saturated rings. The minimum absolute atomic E-state index is 0.229. The largest absolute Gasteiger partial charge is 0.481 e. The third-order valence-electron chi connectivity index (χ3n) is 1.73. The van der Waals surface area contributed by atoms with E-state index in [1.54, 1.807) is 13.8 Å². The zero-order chi connectivity index (χ0) is 9.72. The number of rotatable bonds is 3. The highest BCUT2D eigenvalue weighted by molar-refractivity contribution is 5.75. The minimum atomic E-state index is -0.477. The molecule has 0 spiro atoms. The normalized spacial score (nSPS) is 14.7. The molecule has 0 aromatic carbocycles. The minimum Gasteiger partial charge on any atom is -0.481 e. The summed E-state index contributed by atoms with van der Waals surface area (Å²) in [6.45, 7) is 3.25. The first-order valence-corrected chi connectivity index (χ1v) is 3.56. The zero-order valence-electron chi connectivity index (χ0n) is 7.75. The average Bonchev–Trinajstić information content (AvgIpc) is 2.12. The molecule has 0 bridgehead atoms. The molecular weight excluding hydrogens is 160 g/mol. The topological polar surface area (TPSA) is 55.8 Å². The highest BCUT2D eigenvalue weighted by Crippen LogP contribution is 2.14. The smallest absolute Gasteiger partial charge is 0.312 e. The van der Waals surface area contributed by atoms with Crippen LogP contribution in [0.15, 0.2) is 11.5 Å². The Morgan fingerprint density at radius 1 is 1.33 bits per heavy atom. The van der Waals surface area contributed by atoms with E-state index in [0.29, 0.717) is 5.57 Å². The summed E-state index contributed by atoms with van der Waals surface area (Å²) in [7, 11) is 2.64. The Labute approximate surface area is 71.8 Å². The maximum Gasteiger partial charge on any atom is 0.312 e. The Kier molecular flexibility index (Phi) is 4.18. The van der Waals surface area contributed by atoms with Gasteiger partial charge in [-0.3, -0.25) is 4.79 Å². The number of hydrogen-bond donors (Lipinski definition) is 1. The van der Waals surface area contributed by atoms with Gasteiger partial charge in [-0.2, -0.15) is 0 Å². The molecule has 0 aromatic rings. The van der Waals surface area contributed by atoms with Crippen LogP contribution in [-0.4, -0.2) is 25.3 Å². The lowest BCUT2D eigenvalue weighted by Crippen LogP contribution is -2.15. The van der Waals surface area contributed by atoms with Gasteiger partial charge in [-0.25, -0.2) is 0 Å². The van der Waals surface area contributed by atoms with E-state index >= 15 is 0 Å². The Morgan fingerprint density at radius 3 is 2.17 bits per heavy atom. The quantitative estimate of drug-likeness (QED) is 0.516. The lowest BCUT2D eigenvalue weighted by molar-refractivity contribution is -0.143. The number of hydrogen-bond acceptors (Lipinski definition) is 4. The maximum atomic E-state index is 11.0. The Balaban J connectivity index is 4.48. The van der Waals surface area contributed by atoms with Crippen molar-refractivity contribution < 1.29 is 19.4 Å². The van der Waals surface area contributed by atoms with E-state index < -0.39 is 11.9 Å². The molecule has 12 heavy (non-hydrogen) atoms. The lowest BCUT2D eigenvalue weighted by Gasteiger charge is -2.10. The van der Waals surface area contributed by atoms with Crippen LogP contribution in [0.4, 0.5) is 0 Å². The molecule has 0 amide bonds. The molecular formula is C8H14O4. The van der Waals surface area contributed by atoms with Gasteiger partial charge in [0, 0.05) is 5.57 Å². The molecule has 4 nitrogen and oxygen atoms in total. The molecule has 0 saturated carbocycles. The fraction of sp³-hybridized carbons (Fsp3) is 0.625. The summed E-state index contributed by atoms with van der Waals surface area (Å²) < 4.78 is 9.04. The highest BCUT2D eigenvalue weighted by Gasteiger charge is 2.18. The lowest BCUT2D eigenvalue weighted by atomic mass is 10.0. The van der Waals surface area contributed by atoms with Crippen LogP contribution in [0.3, 0.4) is 0 Å². The Morgan fingerprint density at radius 2 is 1.83 bits per heavy atom. The number of ether oxygens (including phenoxy) is 2. The SMILES string of the molecule is COC(=O)C(C)/C(C)=C(\O)OC. The van der Waals surface area contributed by atoms with Crippen molar-refractivity contribution in [2.45, 2.75) is 13.8 Å². The van der Waals surface area contributed by atoms with E-state index in [9.17, 15) is 4.79 Å². The molecule has 0 rings (SSSR count). The molecule has 1 unspecified atom stereocenters. The second-order valence-corrected chi connectivity index (χ2v) is 2.44. The first-order chi connectivity index (χ1) is 5.54. The van der Waals surface area contributed by atoms with Crippen molar-refractivity contribution in [1.82, 2.24) is 0 Å². The Bertz CT molecular complexity index is 195. The van der Waals surface area contributed by atoms with Crippen molar-refractivity contribution >= 4 is 5.97 Å². The standard InChI is InChI=1S/C8H14O4/c1-5(7(9)11-3)6(2)8(10)12-4/h5,10H,1-4H3/b8-6+. The van der Waals surface area contributed by atoms with E-state index in [0.717, 1.165) is 0 Å². The summed E-state index contributed by atoms with van der Waals surface area (Å²) in [4.78, 5) is 11.0. The van der Waals surface area contributed by atoms with Crippen LogP contribution in [-0.2, 0) is 14.3 Å². The fourth-order valence-electron chi connectivity index (χ4n) is 0.700. The molecule has 0 radical (unpaired) electrons.